The normalized spacial score (nSPS) is 7.83. The Hall–Kier alpha value is -1.28. The smallest absolute Gasteiger partial charge is 0.550 e. The summed E-state index contributed by atoms with van der Waals surface area (Å²) in [6, 6.07) is 0. The number of carbonyl (C=O) groups excluding carboxylic acids is 3. The number of carboxylic acids is 3. The fourth-order valence-corrected chi connectivity index (χ4v) is 0.684. The molecule has 0 unspecified atom stereocenters. The van der Waals surface area contributed by atoms with Crippen LogP contribution in [0.15, 0.2) is 0 Å². The monoisotopic (exact) mass is 320 g/mol. The van der Waals surface area contributed by atoms with E-state index < -0.39 is 36.4 Å². The molecule has 0 aliphatic heterocycles. The van der Waals surface area contributed by atoms with Crippen LogP contribution in [0.25, 0.3) is 0 Å². The van der Waals surface area contributed by atoms with Crippen LogP contribution in [0.2, 0.25) is 0 Å². The van der Waals surface area contributed by atoms with Gasteiger partial charge in [-0.05, 0) is 0 Å². The minimum atomic E-state index is -2.97. The van der Waals surface area contributed by atoms with E-state index >= 15 is 0 Å². The number of carbonyl (C=O) groups is 3. The van der Waals surface area contributed by atoms with Crippen LogP contribution in [0.3, 0.4) is 0 Å². The van der Waals surface area contributed by atoms with Gasteiger partial charge in [-0.15, -0.1) is 0 Å². The van der Waals surface area contributed by atoms with Crippen LogP contribution in [0.5, 0.6) is 0 Å². The van der Waals surface area contributed by atoms with Gasteiger partial charge in [-0.3, -0.25) is 0 Å². The number of hydrogen-bond donors (Lipinski definition) is 1. The first-order valence-electron chi connectivity index (χ1n) is 3.11. The zero-order chi connectivity index (χ0) is 10.6. The predicted molar refractivity (Wildman–Crippen MR) is 43.7 cm³/mol. The van der Waals surface area contributed by atoms with Gasteiger partial charge in [0.05, 0.1) is 5.97 Å². The molecule has 0 atom stereocenters. The van der Waals surface area contributed by atoms with Gasteiger partial charge in [-0.25, -0.2) is 0 Å². The molecule has 0 fully saturated rings. The molecule has 12 heteroatoms. The van der Waals surface area contributed by atoms with E-state index in [1.165, 1.54) is 0 Å². The second kappa shape index (κ2) is 13.8. The summed E-state index contributed by atoms with van der Waals surface area (Å²) in [4.78, 5) is 30.0. The van der Waals surface area contributed by atoms with Gasteiger partial charge < -0.3 is 56.7 Å². The maximum absolute atomic E-state index is 10.1. The molecule has 112 valence electrons. The first-order valence-corrected chi connectivity index (χ1v) is 3.11. The Morgan fingerprint density at radius 3 is 1.17 bits per heavy atom. The SMILES string of the molecule is O.O.O.O.O=C([O-])CC(O)(CC(=O)[O-])C(=O)[O-].[Co+3]. The van der Waals surface area contributed by atoms with Crippen molar-refractivity contribution in [3.8, 4) is 0 Å². The summed E-state index contributed by atoms with van der Waals surface area (Å²) in [6.45, 7) is 0. The molecule has 0 aromatic rings. The van der Waals surface area contributed by atoms with Gasteiger partial charge >= 0.3 is 16.8 Å². The van der Waals surface area contributed by atoms with E-state index in [0.717, 1.165) is 0 Å². The molecule has 0 rings (SSSR count). The number of hydrogen-bond acceptors (Lipinski definition) is 7. The Kier molecular flexibility index (Phi) is 27.5. The Balaban J connectivity index is -0.0000000720. The fourth-order valence-electron chi connectivity index (χ4n) is 0.684. The molecule has 18 heavy (non-hydrogen) atoms. The largest absolute Gasteiger partial charge is 3.00 e. The van der Waals surface area contributed by atoms with Crippen LogP contribution in [-0.2, 0) is 31.2 Å². The zero-order valence-corrected chi connectivity index (χ0v) is 9.69. The van der Waals surface area contributed by atoms with Crippen molar-refractivity contribution < 1.29 is 73.5 Å². The van der Waals surface area contributed by atoms with E-state index in [2.05, 4.69) is 0 Å². The maximum atomic E-state index is 10.1. The zero-order valence-electron chi connectivity index (χ0n) is 8.64. The summed E-state index contributed by atoms with van der Waals surface area (Å²) in [5, 5.41) is 38.9. The first-order chi connectivity index (χ1) is 5.78. The summed E-state index contributed by atoms with van der Waals surface area (Å²) in [5.41, 5.74) is -2.97. The van der Waals surface area contributed by atoms with Gasteiger partial charge in [-0.2, -0.15) is 0 Å². The van der Waals surface area contributed by atoms with Crippen molar-refractivity contribution >= 4 is 17.9 Å². The van der Waals surface area contributed by atoms with Crippen LogP contribution in [0.4, 0.5) is 0 Å². The quantitative estimate of drug-likeness (QED) is 0.509. The molecular weight excluding hydrogens is 307 g/mol. The number of aliphatic carboxylic acids is 3. The van der Waals surface area contributed by atoms with Gasteiger partial charge in [0.15, 0.2) is 0 Å². The number of rotatable bonds is 5. The average Bonchev–Trinajstić information content (AvgIpc) is 1.82. The van der Waals surface area contributed by atoms with E-state index in [-0.39, 0.29) is 38.7 Å². The number of aliphatic hydroxyl groups is 1. The molecule has 0 heterocycles. The molecule has 0 aliphatic rings. The van der Waals surface area contributed by atoms with Crippen molar-refractivity contribution in [3.63, 3.8) is 0 Å². The van der Waals surface area contributed by atoms with E-state index in [0.29, 0.717) is 0 Å². The van der Waals surface area contributed by atoms with Crippen LogP contribution >= 0.6 is 0 Å². The maximum Gasteiger partial charge on any atom is 3.00 e. The standard InChI is InChI=1S/C6H8O7.Co.4H2O/c7-3(8)1-6(13,5(11)12)2-4(9)10;;;;;/h13H,1-2H2,(H,7,8)(H,9,10)(H,11,12);;4*1H2/q;+3;;;;/p-3. The van der Waals surface area contributed by atoms with Gasteiger partial charge in [0.1, 0.15) is 5.60 Å². The Morgan fingerprint density at radius 2 is 1.06 bits per heavy atom. The molecule has 0 aromatic heterocycles. The minimum Gasteiger partial charge on any atom is -0.550 e. The minimum absolute atomic E-state index is 0. The van der Waals surface area contributed by atoms with Gasteiger partial charge in [0, 0.05) is 24.8 Å². The molecule has 0 aliphatic carbocycles. The number of carboxylic acid groups (broad SMARTS) is 3. The van der Waals surface area contributed by atoms with Crippen LogP contribution in [-0.4, -0.2) is 50.5 Å². The first kappa shape index (κ1) is 36.0. The van der Waals surface area contributed by atoms with Crippen molar-refractivity contribution in [3.05, 3.63) is 0 Å². The molecule has 0 saturated heterocycles. The summed E-state index contributed by atoms with van der Waals surface area (Å²) in [6.07, 6.45) is -2.72. The topological polar surface area (TPSA) is 267 Å². The summed E-state index contributed by atoms with van der Waals surface area (Å²) < 4.78 is 0. The third-order valence-corrected chi connectivity index (χ3v) is 1.25. The Labute approximate surface area is 110 Å². The molecule has 9 N–H and O–H groups in total. The molecule has 0 amide bonds. The molecule has 0 aromatic carbocycles. The summed E-state index contributed by atoms with van der Waals surface area (Å²) in [7, 11) is 0. The van der Waals surface area contributed by atoms with Crippen molar-refractivity contribution in [2.75, 3.05) is 0 Å². The van der Waals surface area contributed by atoms with E-state index in [4.69, 9.17) is 5.11 Å². The fraction of sp³-hybridized carbons (Fsp3) is 0.500. The molecular formula is C6H13CoO11. The summed E-state index contributed by atoms with van der Waals surface area (Å²) >= 11 is 0. The van der Waals surface area contributed by atoms with Crippen LogP contribution in [0, 0.1) is 0 Å². The van der Waals surface area contributed by atoms with Crippen molar-refractivity contribution in [1.29, 1.82) is 0 Å². The Morgan fingerprint density at radius 1 is 0.833 bits per heavy atom. The van der Waals surface area contributed by atoms with E-state index in [9.17, 15) is 29.7 Å². The second-order valence-electron chi connectivity index (χ2n) is 2.42. The third-order valence-electron chi connectivity index (χ3n) is 1.25. The second-order valence-corrected chi connectivity index (χ2v) is 2.42. The van der Waals surface area contributed by atoms with Crippen molar-refractivity contribution in [2.24, 2.45) is 0 Å². The van der Waals surface area contributed by atoms with E-state index in [1.807, 2.05) is 0 Å². The molecule has 0 spiro atoms. The van der Waals surface area contributed by atoms with Gasteiger partial charge in [-0.1, -0.05) is 0 Å². The molecule has 11 nitrogen and oxygen atoms in total. The predicted octanol–water partition coefficient (Wildman–Crippen LogP) is -8.55. The molecule has 0 saturated carbocycles. The van der Waals surface area contributed by atoms with Gasteiger partial charge in [0.2, 0.25) is 0 Å². The summed E-state index contributed by atoms with van der Waals surface area (Å²) in [5.74, 6) is -5.98. The van der Waals surface area contributed by atoms with Crippen LogP contribution < -0.4 is 15.3 Å². The van der Waals surface area contributed by atoms with Gasteiger partial charge in [0.25, 0.3) is 0 Å². The van der Waals surface area contributed by atoms with E-state index in [1.54, 1.807) is 0 Å². The Bertz CT molecular complexity index is 236. The van der Waals surface area contributed by atoms with Crippen LogP contribution in [0.1, 0.15) is 12.8 Å². The van der Waals surface area contributed by atoms with Crippen molar-refractivity contribution in [2.45, 2.75) is 18.4 Å². The third kappa shape index (κ3) is 12.8. The average molecular weight is 320 g/mol. The molecule has 0 bridgehead atoms. The van der Waals surface area contributed by atoms with Crippen molar-refractivity contribution in [1.82, 2.24) is 0 Å². The molecule has 0 radical (unpaired) electrons.